The number of carbonyl (C=O) groups excluding carboxylic acids is 4. The number of nitrogens with one attached hydrogen (secondary N) is 1. The second-order valence-corrected chi connectivity index (χ2v) is 9.52. The standard InChI is InChI=1S/C27H24F3N3O6/c1-32-19-5-3-2-4-15(19)10-20(32)27(37)33-8-6-14(7-9-33)26(36)31-18-12-22(35)39-24-17(29)11-16(28)23(30)25(24)38-13-21(18)34/h2-5,10-11,14,18H,6-9,12-13H2,1H3,(H,31,36). The van der Waals surface area contributed by atoms with E-state index in [2.05, 4.69) is 5.32 Å². The Balaban J connectivity index is 1.22. The highest BCUT2D eigenvalue weighted by Gasteiger charge is 2.34. The molecule has 12 heteroatoms. The maximum Gasteiger partial charge on any atom is 0.313 e. The van der Waals surface area contributed by atoms with Crippen LogP contribution in [0.15, 0.2) is 36.4 Å². The van der Waals surface area contributed by atoms with Crippen LogP contribution in [0.5, 0.6) is 11.5 Å². The molecule has 2 amide bonds. The van der Waals surface area contributed by atoms with Gasteiger partial charge in [-0.3, -0.25) is 19.2 Å². The fourth-order valence-corrected chi connectivity index (χ4v) is 4.88. The van der Waals surface area contributed by atoms with Gasteiger partial charge in [-0.25, -0.2) is 8.78 Å². The number of likely N-dealkylation sites (tertiary alicyclic amines) is 1. The zero-order chi connectivity index (χ0) is 27.8. The van der Waals surface area contributed by atoms with E-state index in [1.807, 2.05) is 41.9 Å². The Morgan fingerprint density at radius 1 is 1.00 bits per heavy atom. The molecule has 2 aromatic carbocycles. The predicted molar refractivity (Wildman–Crippen MR) is 131 cm³/mol. The molecule has 3 heterocycles. The van der Waals surface area contributed by atoms with Gasteiger partial charge in [0.15, 0.2) is 17.4 Å². The highest BCUT2D eigenvalue weighted by atomic mass is 19.2. The molecule has 1 atom stereocenters. The Labute approximate surface area is 220 Å². The van der Waals surface area contributed by atoms with Crippen LogP contribution in [0.25, 0.3) is 10.9 Å². The first-order valence-electron chi connectivity index (χ1n) is 12.3. The summed E-state index contributed by atoms with van der Waals surface area (Å²) in [6.07, 6.45) is -0.0147. The van der Waals surface area contributed by atoms with Crippen molar-refractivity contribution in [2.45, 2.75) is 25.3 Å². The summed E-state index contributed by atoms with van der Waals surface area (Å²) in [5.74, 6) is -9.74. The van der Waals surface area contributed by atoms with Crippen LogP contribution in [-0.2, 0) is 21.4 Å². The number of ketones is 1. The minimum absolute atomic E-state index is 0.158. The van der Waals surface area contributed by atoms with Gasteiger partial charge in [0.25, 0.3) is 5.91 Å². The summed E-state index contributed by atoms with van der Waals surface area (Å²) in [7, 11) is 1.82. The van der Waals surface area contributed by atoms with Crippen LogP contribution in [0.3, 0.4) is 0 Å². The number of carbonyl (C=O) groups is 4. The minimum atomic E-state index is -1.61. The predicted octanol–water partition coefficient (Wildman–Crippen LogP) is 2.89. The second-order valence-electron chi connectivity index (χ2n) is 9.52. The number of nitrogens with zero attached hydrogens (tertiary/aromatic N) is 2. The maximum atomic E-state index is 14.1. The van der Waals surface area contributed by atoms with Crippen LogP contribution in [0.4, 0.5) is 13.2 Å². The Morgan fingerprint density at radius 2 is 1.72 bits per heavy atom. The van der Waals surface area contributed by atoms with Crippen molar-refractivity contribution < 1.29 is 41.8 Å². The molecule has 1 N–H and O–H groups in total. The molecule has 0 saturated carbocycles. The number of halogens is 3. The normalized spacial score (nSPS) is 18.5. The third-order valence-electron chi connectivity index (χ3n) is 7.06. The first-order chi connectivity index (χ1) is 18.6. The molecule has 0 aliphatic carbocycles. The number of aromatic nitrogens is 1. The highest BCUT2D eigenvalue weighted by Crippen LogP contribution is 2.36. The van der Waals surface area contributed by atoms with E-state index < -0.39 is 71.6 Å². The lowest BCUT2D eigenvalue weighted by Gasteiger charge is -2.32. The number of ether oxygens (including phenoxy) is 2. The molecule has 9 nitrogen and oxygen atoms in total. The largest absolute Gasteiger partial charge is 0.479 e. The second kappa shape index (κ2) is 10.4. The molecule has 39 heavy (non-hydrogen) atoms. The third-order valence-corrected chi connectivity index (χ3v) is 7.06. The zero-order valence-electron chi connectivity index (χ0n) is 20.8. The van der Waals surface area contributed by atoms with Crippen molar-refractivity contribution in [3.63, 3.8) is 0 Å². The van der Waals surface area contributed by atoms with E-state index in [1.54, 1.807) is 4.90 Å². The van der Waals surface area contributed by atoms with Crippen molar-refractivity contribution in [1.82, 2.24) is 14.8 Å². The van der Waals surface area contributed by atoms with Gasteiger partial charge in [-0.05, 0) is 25.0 Å². The number of hydrogen-bond donors (Lipinski definition) is 1. The highest BCUT2D eigenvalue weighted by molar-refractivity contribution is 5.99. The summed E-state index contributed by atoms with van der Waals surface area (Å²) in [6, 6.07) is 8.27. The number of esters is 1. The molecule has 0 spiro atoms. The number of para-hydroxylation sites is 1. The summed E-state index contributed by atoms with van der Waals surface area (Å²) >= 11 is 0. The van der Waals surface area contributed by atoms with Crippen LogP contribution in [0, 0.1) is 23.4 Å². The number of fused-ring (bicyclic) bond motifs is 2. The van der Waals surface area contributed by atoms with Gasteiger partial charge < -0.3 is 24.3 Å². The monoisotopic (exact) mass is 543 g/mol. The molecule has 2 aliphatic heterocycles. The molecule has 1 fully saturated rings. The van der Waals surface area contributed by atoms with Gasteiger partial charge in [-0.15, -0.1) is 0 Å². The molecule has 204 valence electrons. The first-order valence-corrected chi connectivity index (χ1v) is 12.3. The van der Waals surface area contributed by atoms with Crippen LogP contribution in [0.1, 0.15) is 29.8 Å². The summed E-state index contributed by atoms with van der Waals surface area (Å²) in [4.78, 5) is 52.8. The molecule has 0 radical (unpaired) electrons. The number of amides is 2. The average molecular weight is 543 g/mol. The van der Waals surface area contributed by atoms with E-state index in [0.717, 1.165) is 10.9 Å². The number of Topliss-reactive ketones (excluding diaryl/α,β-unsaturated/α-hetero) is 1. The molecular formula is C27H24F3N3O6. The molecule has 5 rings (SSSR count). The molecule has 1 aromatic heterocycles. The topological polar surface area (TPSA) is 107 Å². The molecule has 3 aromatic rings. The molecule has 1 unspecified atom stereocenters. The van der Waals surface area contributed by atoms with Crippen molar-refractivity contribution in [1.29, 1.82) is 0 Å². The van der Waals surface area contributed by atoms with E-state index in [4.69, 9.17) is 9.47 Å². The van der Waals surface area contributed by atoms with Crippen molar-refractivity contribution in [2.75, 3.05) is 19.7 Å². The molecule has 0 bridgehead atoms. The summed E-state index contributed by atoms with van der Waals surface area (Å²) in [6.45, 7) is -0.240. The number of rotatable bonds is 3. The smallest absolute Gasteiger partial charge is 0.313 e. The number of hydrogen-bond acceptors (Lipinski definition) is 6. The number of aryl methyl sites for hydroxylation is 1. The van der Waals surface area contributed by atoms with E-state index in [1.165, 1.54) is 0 Å². The lowest BCUT2D eigenvalue weighted by atomic mass is 9.94. The average Bonchev–Trinajstić information content (AvgIpc) is 3.28. The number of piperidine rings is 1. The van der Waals surface area contributed by atoms with Gasteiger partial charge in [0.2, 0.25) is 23.2 Å². The molecule has 2 aliphatic rings. The quantitative estimate of drug-likeness (QED) is 0.309. The Morgan fingerprint density at radius 3 is 2.44 bits per heavy atom. The fraction of sp³-hybridized carbons (Fsp3) is 0.333. The van der Waals surface area contributed by atoms with E-state index in [-0.39, 0.29) is 12.0 Å². The van der Waals surface area contributed by atoms with Crippen molar-refractivity contribution in [3.8, 4) is 11.5 Å². The third kappa shape index (κ3) is 5.06. The van der Waals surface area contributed by atoms with Crippen molar-refractivity contribution >= 4 is 34.5 Å². The van der Waals surface area contributed by atoms with Gasteiger partial charge in [0.1, 0.15) is 18.3 Å². The lowest BCUT2D eigenvalue weighted by Crippen LogP contribution is -2.49. The molecular weight excluding hydrogens is 519 g/mol. The van der Waals surface area contributed by atoms with Gasteiger partial charge in [0.05, 0.1) is 6.42 Å². The van der Waals surface area contributed by atoms with Crippen molar-refractivity contribution in [3.05, 3.63) is 59.5 Å². The van der Waals surface area contributed by atoms with Crippen LogP contribution in [-0.4, -0.2) is 58.8 Å². The van der Waals surface area contributed by atoms with E-state index in [0.29, 0.717) is 31.6 Å². The van der Waals surface area contributed by atoms with Gasteiger partial charge >= 0.3 is 5.97 Å². The van der Waals surface area contributed by atoms with Gasteiger partial charge in [-0.2, -0.15) is 4.39 Å². The van der Waals surface area contributed by atoms with Crippen LogP contribution >= 0.6 is 0 Å². The summed E-state index contributed by atoms with van der Waals surface area (Å²) in [5.41, 5.74) is 1.46. The Kier molecular flexibility index (Phi) is 7.02. The zero-order valence-corrected chi connectivity index (χ0v) is 20.8. The van der Waals surface area contributed by atoms with E-state index in [9.17, 15) is 32.3 Å². The Bertz CT molecular complexity index is 1500. The summed E-state index contributed by atoms with van der Waals surface area (Å²) in [5, 5.41) is 3.44. The lowest BCUT2D eigenvalue weighted by molar-refractivity contribution is -0.138. The first kappa shape index (κ1) is 26.3. The molecule has 1 saturated heterocycles. The minimum Gasteiger partial charge on any atom is -0.479 e. The Hall–Kier alpha value is -4.35. The summed E-state index contributed by atoms with van der Waals surface area (Å²) < 4.78 is 53.4. The van der Waals surface area contributed by atoms with Gasteiger partial charge in [-0.1, -0.05) is 18.2 Å². The fourth-order valence-electron chi connectivity index (χ4n) is 4.88. The van der Waals surface area contributed by atoms with Crippen LogP contribution < -0.4 is 14.8 Å². The maximum absolute atomic E-state index is 14.1. The number of benzene rings is 2. The van der Waals surface area contributed by atoms with Crippen LogP contribution in [0.2, 0.25) is 0 Å². The van der Waals surface area contributed by atoms with E-state index >= 15 is 0 Å². The van der Waals surface area contributed by atoms with Crippen molar-refractivity contribution in [2.24, 2.45) is 13.0 Å². The SMILES string of the molecule is Cn1c(C(=O)N2CCC(C(=O)NC3CC(=O)Oc4c(F)cc(F)c(F)c4OCC3=O)CC2)cc2ccccc21. The van der Waals surface area contributed by atoms with Gasteiger partial charge in [0, 0.05) is 43.0 Å².